The summed E-state index contributed by atoms with van der Waals surface area (Å²) in [7, 11) is 0. The highest BCUT2D eigenvalue weighted by Crippen LogP contribution is 2.18. The first kappa shape index (κ1) is 16.1. The Hall–Kier alpha value is -3.41. The number of hydrogen-bond acceptors (Lipinski definition) is 4. The van der Waals surface area contributed by atoms with Crippen molar-refractivity contribution in [2.45, 2.75) is 19.5 Å². The Kier molecular flexibility index (Phi) is 4.47. The van der Waals surface area contributed by atoms with Gasteiger partial charge in [-0.3, -0.25) is 4.79 Å². The van der Waals surface area contributed by atoms with E-state index in [0.717, 1.165) is 23.1 Å². The molecule has 0 fully saturated rings. The largest absolute Gasteiger partial charge is 0.356 e. The van der Waals surface area contributed by atoms with Crippen LogP contribution in [-0.4, -0.2) is 20.6 Å². The van der Waals surface area contributed by atoms with Crippen LogP contribution in [0.2, 0.25) is 0 Å². The van der Waals surface area contributed by atoms with Crippen LogP contribution in [0.3, 0.4) is 0 Å². The molecule has 0 atom stereocenters. The van der Waals surface area contributed by atoms with Crippen LogP contribution in [0.4, 0.5) is 0 Å². The summed E-state index contributed by atoms with van der Waals surface area (Å²) in [4.78, 5) is 16.3. The Morgan fingerprint density at radius 1 is 1.12 bits per heavy atom. The highest BCUT2D eigenvalue weighted by molar-refractivity contribution is 5.86. The quantitative estimate of drug-likeness (QED) is 0.583. The second-order valence-electron chi connectivity index (χ2n) is 6.13. The van der Waals surface area contributed by atoms with Crippen LogP contribution in [0.1, 0.15) is 16.8 Å². The van der Waals surface area contributed by atoms with Gasteiger partial charge in [-0.05, 0) is 23.3 Å². The van der Waals surface area contributed by atoms with Crippen molar-refractivity contribution in [1.82, 2.24) is 20.0 Å². The summed E-state index contributed by atoms with van der Waals surface area (Å²) in [6, 6.07) is 15.7. The molecule has 2 aromatic carbocycles. The van der Waals surface area contributed by atoms with E-state index in [1.165, 1.54) is 0 Å². The predicted octanol–water partition coefficient (Wildman–Crippen LogP) is 2.93. The number of amides is 1. The number of aromatic nitrogens is 3. The molecule has 6 heteroatoms. The second-order valence-corrected chi connectivity index (χ2v) is 6.13. The van der Waals surface area contributed by atoms with Gasteiger partial charge in [-0.1, -0.05) is 41.6 Å². The maximum absolute atomic E-state index is 12.3. The van der Waals surface area contributed by atoms with Crippen LogP contribution in [-0.2, 0) is 24.3 Å². The van der Waals surface area contributed by atoms with Crippen LogP contribution in [0, 0.1) is 0 Å². The number of carbonyl (C=O) groups is 1. The number of carbonyl (C=O) groups excluding carboxylic acids is 1. The number of nitrogens with zero attached hydrogens (tertiary/aromatic N) is 3. The molecule has 2 aromatic heterocycles. The van der Waals surface area contributed by atoms with E-state index < -0.39 is 0 Å². The van der Waals surface area contributed by atoms with Crippen molar-refractivity contribution >= 4 is 16.9 Å². The number of fused-ring (bicyclic) bond motifs is 1. The third-order valence-electron chi connectivity index (χ3n) is 4.19. The summed E-state index contributed by atoms with van der Waals surface area (Å²) in [6.07, 6.45) is 5.68. The van der Waals surface area contributed by atoms with Crippen molar-refractivity contribution in [2.24, 2.45) is 0 Å². The maximum Gasteiger partial charge on any atom is 0.226 e. The minimum absolute atomic E-state index is 0.0796. The molecule has 26 heavy (non-hydrogen) atoms. The van der Waals surface area contributed by atoms with E-state index in [-0.39, 0.29) is 12.3 Å². The number of hydrogen-bond donors (Lipinski definition) is 1. The van der Waals surface area contributed by atoms with Gasteiger partial charge in [0, 0.05) is 30.9 Å². The Morgan fingerprint density at radius 2 is 2.00 bits per heavy atom. The molecule has 2 heterocycles. The molecular weight excluding hydrogens is 328 g/mol. The SMILES string of the molecule is O=C(Cc1noc2ccccc12)NCc1cccc(Cn2ccnc2)c1. The van der Waals surface area contributed by atoms with E-state index in [1.807, 2.05) is 47.2 Å². The first-order valence-electron chi connectivity index (χ1n) is 8.41. The van der Waals surface area contributed by atoms with Crippen LogP contribution in [0.25, 0.3) is 11.0 Å². The van der Waals surface area contributed by atoms with Gasteiger partial charge >= 0.3 is 0 Å². The van der Waals surface area contributed by atoms with Crippen molar-refractivity contribution in [2.75, 3.05) is 0 Å². The third-order valence-corrected chi connectivity index (χ3v) is 4.19. The Bertz CT molecular complexity index is 1020. The zero-order valence-corrected chi connectivity index (χ0v) is 14.1. The monoisotopic (exact) mass is 346 g/mol. The van der Waals surface area contributed by atoms with Crippen LogP contribution < -0.4 is 5.32 Å². The molecule has 0 saturated carbocycles. The third kappa shape index (κ3) is 3.64. The molecule has 6 nitrogen and oxygen atoms in total. The normalized spacial score (nSPS) is 10.9. The van der Waals surface area contributed by atoms with Crippen molar-refractivity contribution in [3.05, 3.63) is 84.1 Å². The predicted molar refractivity (Wildman–Crippen MR) is 97.3 cm³/mol. The molecule has 0 aliphatic carbocycles. The molecule has 1 N–H and O–H groups in total. The van der Waals surface area contributed by atoms with E-state index in [4.69, 9.17) is 4.52 Å². The summed E-state index contributed by atoms with van der Waals surface area (Å²) in [6.45, 7) is 1.24. The molecule has 0 bridgehead atoms. The van der Waals surface area contributed by atoms with Crippen LogP contribution in [0.5, 0.6) is 0 Å². The van der Waals surface area contributed by atoms with Gasteiger partial charge in [-0.15, -0.1) is 0 Å². The lowest BCUT2D eigenvalue weighted by Gasteiger charge is -2.07. The van der Waals surface area contributed by atoms with Crippen molar-refractivity contribution in [3.8, 4) is 0 Å². The molecule has 0 unspecified atom stereocenters. The molecule has 4 rings (SSSR count). The molecule has 0 aliphatic heterocycles. The molecule has 0 spiro atoms. The van der Waals surface area contributed by atoms with E-state index in [1.54, 1.807) is 12.5 Å². The lowest BCUT2D eigenvalue weighted by Crippen LogP contribution is -2.24. The summed E-state index contributed by atoms with van der Waals surface area (Å²) < 4.78 is 7.25. The fourth-order valence-electron chi connectivity index (χ4n) is 2.91. The molecule has 130 valence electrons. The van der Waals surface area contributed by atoms with Gasteiger partial charge in [0.25, 0.3) is 0 Å². The van der Waals surface area contributed by atoms with E-state index in [2.05, 4.69) is 27.6 Å². The average molecular weight is 346 g/mol. The van der Waals surface area contributed by atoms with Gasteiger partial charge in [0.1, 0.15) is 5.69 Å². The highest BCUT2D eigenvalue weighted by Gasteiger charge is 2.11. The van der Waals surface area contributed by atoms with Crippen LogP contribution >= 0.6 is 0 Å². The molecule has 0 saturated heterocycles. The summed E-state index contributed by atoms with van der Waals surface area (Å²) >= 11 is 0. The standard InChI is InChI=1S/C20H18N4O2/c25-20(11-18-17-6-1-2-7-19(17)26-23-18)22-12-15-4-3-5-16(10-15)13-24-9-8-21-14-24/h1-10,14H,11-13H2,(H,22,25). The minimum Gasteiger partial charge on any atom is -0.356 e. The average Bonchev–Trinajstić information content (AvgIpc) is 3.31. The highest BCUT2D eigenvalue weighted by atomic mass is 16.5. The number of para-hydroxylation sites is 1. The van der Waals surface area contributed by atoms with Gasteiger partial charge in [-0.2, -0.15) is 0 Å². The van der Waals surface area contributed by atoms with E-state index in [9.17, 15) is 4.79 Å². The smallest absolute Gasteiger partial charge is 0.226 e. The minimum atomic E-state index is -0.0796. The van der Waals surface area contributed by atoms with Gasteiger partial charge < -0.3 is 14.4 Å². The lowest BCUT2D eigenvalue weighted by molar-refractivity contribution is -0.120. The number of imidazole rings is 1. The lowest BCUT2D eigenvalue weighted by atomic mass is 10.1. The zero-order chi connectivity index (χ0) is 17.8. The summed E-state index contributed by atoms with van der Waals surface area (Å²) in [5, 5.41) is 7.83. The van der Waals surface area contributed by atoms with Crippen LogP contribution in [0.15, 0.2) is 71.8 Å². The second kappa shape index (κ2) is 7.23. The zero-order valence-electron chi connectivity index (χ0n) is 14.1. The molecular formula is C20H18N4O2. The first-order valence-corrected chi connectivity index (χ1v) is 8.41. The van der Waals surface area contributed by atoms with E-state index in [0.29, 0.717) is 17.8 Å². The van der Waals surface area contributed by atoms with E-state index >= 15 is 0 Å². The Morgan fingerprint density at radius 3 is 2.88 bits per heavy atom. The maximum atomic E-state index is 12.3. The number of nitrogens with one attached hydrogen (secondary N) is 1. The van der Waals surface area contributed by atoms with Gasteiger partial charge in [0.15, 0.2) is 5.58 Å². The van der Waals surface area contributed by atoms with Crippen molar-refractivity contribution < 1.29 is 9.32 Å². The summed E-state index contributed by atoms with van der Waals surface area (Å²) in [5.41, 5.74) is 3.58. The van der Waals surface area contributed by atoms with Crippen molar-refractivity contribution in [3.63, 3.8) is 0 Å². The topological polar surface area (TPSA) is 73.0 Å². The molecule has 1 amide bonds. The van der Waals surface area contributed by atoms with Gasteiger partial charge in [0.2, 0.25) is 5.91 Å². The first-order chi connectivity index (χ1) is 12.8. The van der Waals surface area contributed by atoms with Gasteiger partial charge in [-0.25, -0.2) is 4.98 Å². The fourth-order valence-corrected chi connectivity index (χ4v) is 2.91. The Labute approximate surface area is 150 Å². The number of benzene rings is 2. The summed E-state index contributed by atoms with van der Waals surface area (Å²) in [5.74, 6) is -0.0796. The molecule has 0 aliphatic rings. The molecule has 4 aromatic rings. The molecule has 0 radical (unpaired) electrons. The Balaban J connectivity index is 1.37. The number of rotatable bonds is 6. The van der Waals surface area contributed by atoms with Crippen molar-refractivity contribution in [1.29, 1.82) is 0 Å². The van der Waals surface area contributed by atoms with Gasteiger partial charge in [0.05, 0.1) is 12.7 Å². The fraction of sp³-hybridized carbons (Fsp3) is 0.150.